The lowest BCUT2D eigenvalue weighted by atomic mass is 10.1. The quantitative estimate of drug-likeness (QED) is 0.670. The van der Waals surface area contributed by atoms with Crippen molar-refractivity contribution in [3.05, 3.63) is 52.3 Å². The van der Waals surface area contributed by atoms with Gasteiger partial charge in [-0.15, -0.1) is 0 Å². The van der Waals surface area contributed by atoms with Crippen molar-refractivity contribution in [3.63, 3.8) is 0 Å². The number of hydrazone groups is 1. The molecule has 0 saturated heterocycles. The number of aryl methyl sites for hydroxylation is 2. The van der Waals surface area contributed by atoms with Gasteiger partial charge in [-0.25, -0.2) is 15.4 Å². The molecule has 1 N–H and O–H groups in total. The largest absolute Gasteiger partial charge is 0.245 e. The van der Waals surface area contributed by atoms with Crippen molar-refractivity contribution in [1.29, 1.82) is 0 Å². The summed E-state index contributed by atoms with van der Waals surface area (Å²) in [6.07, 6.45) is 2.04. The highest BCUT2D eigenvalue weighted by atomic mass is 35.5. The van der Waals surface area contributed by atoms with Gasteiger partial charge in [0.2, 0.25) is 5.95 Å². The minimum absolute atomic E-state index is 0.514. The van der Waals surface area contributed by atoms with E-state index >= 15 is 0 Å². The molecule has 1 aromatic heterocycles. The van der Waals surface area contributed by atoms with Gasteiger partial charge in [0.05, 0.1) is 5.71 Å². The van der Waals surface area contributed by atoms with E-state index in [1.807, 2.05) is 50.4 Å². The van der Waals surface area contributed by atoms with Crippen molar-refractivity contribution in [2.45, 2.75) is 13.8 Å². The zero-order chi connectivity index (χ0) is 15.2. The highest BCUT2D eigenvalue weighted by Gasteiger charge is 2.04. The number of nitrogens with zero attached hydrogens (tertiary/aromatic N) is 3. The Morgan fingerprint density at radius 2 is 1.81 bits per heavy atom. The Balaban J connectivity index is 2.23. The Morgan fingerprint density at radius 3 is 2.38 bits per heavy atom. The summed E-state index contributed by atoms with van der Waals surface area (Å²) in [5.74, 6) is 1.31. The van der Waals surface area contributed by atoms with Crippen LogP contribution >= 0.6 is 23.4 Å². The molecule has 0 fully saturated rings. The smallest absolute Gasteiger partial charge is 0.243 e. The maximum atomic E-state index is 5.92. The highest BCUT2D eigenvalue weighted by molar-refractivity contribution is 7.99. The van der Waals surface area contributed by atoms with Crippen LogP contribution in [0.1, 0.15) is 17.0 Å². The first-order valence-electron chi connectivity index (χ1n) is 6.48. The second-order valence-electron chi connectivity index (χ2n) is 4.58. The minimum atomic E-state index is 0.514. The summed E-state index contributed by atoms with van der Waals surface area (Å²) in [5, 5.41) is 5.16. The number of aromatic nitrogens is 2. The lowest BCUT2D eigenvalue weighted by Gasteiger charge is -2.07. The molecule has 0 bridgehead atoms. The van der Waals surface area contributed by atoms with Gasteiger partial charge in [0.15, 0.2) is 0 Å². The third kappa shape index (κ3) is 4.72. The van der Waals surface area contributed by atoms with Crippen molar-refractivity contribution < 1.29 is 0 Å². The Kier molecular flexibility index (Phi) is 5.59. The SMILES string of the molecule is CSCC(=NNc1nc(C)cc(C)n1)c1ccc(Cl)cc1. The highest BCUT2D eigenvalue weighted by Crippen LogP contribution is 2.13. The second kappa shape index (κ2) is 7.43. The molecule has 1 aromatic carbocycles. The maximum Gasteiger partial charge on any atom is 0.243 e. The van der Waals surface area contributed by atoms with Crippen LogP contribution in [-0.2, 0) is 0 Å². The van der Waals surface area contributed by atoms with Crippen LogP contribution in [0, 0.1) is 13.8 Å². The third-order valence-electron chi connectivity index (χ3n) is 2.73. The van der Waals surface area contributed by atoms with Crippen molar-refractivity contribution >= 4 is 35.0 Å². The predicted molar refractivity (Wildman–Crippen MR) is 91.5 cm³/mol. The van der Waals surface area contributed by atoms with Crippen molar-refractivity contribution in [2.75, 3.05) is 17.4 Å². The standard InChI is InChI=1S/C15H17ClN4S/c1-10-8-11(2)18-15(17-10)20-19-14(9-21-3)12-4-6-13(16)7-5-12/h4-8H,9H2,1-3H3,(H,17,18,20). The summed E-state index contributed by atoms with van der Waals surface area (Å²) in [6, 6.07) is 9.57. The molecule has 110 valence electrons. The lowest BCUT2D eigenvalue weighted by Crippen LogP contribution is -2.09. The van der Waals surface area contributed by atoms with E-state index in [1.165, 1.54) is 0 Å². The van der Waals surface area contributed by atoms with Gasteiger partial charge in [-0.2, -0.15) is 16.9 Å². The minimum Gasteiger partial charge on any atom is -0.245 e. The van der Waals surface area contributed by atoms with Crippen LogP contribution in [0.5, 0.6) is 0 Å². The molecule has 0 spiro atoms. The fourth-order valence-corrected chi connectivity index (χ4v) is 2.48. The number of benzene rings is 1. The van der Waals surface area contributed by atoms with Crippen molar-refractivity contribution in [3.8, 4) is 0 Å². The van der Waals surface area contributed by atoms with Gasteiger partial charge in [-0.05, 0) is 43.9 Å². The van der Waals surface area contributed by atoms with Crippen LogP contribution in [0.2, 0.25) is 5.02 Å². The van der Waals surface area contributed by atoms with Crippen molar-refractivity contribution in [1.82, 2.24) is 9.97 Å². The van der Waals surface area contributed by atoms with Crippen LogP contribution in [0.25, 0.3) is 0 Å². The molecule has 0 radical (unpaired) electrons. The zero-order valence-electron chi connectivity index (χ0n) is 12.2. The first kappa shape index (κ1) is 15.8. The van der Waals surface area contributed by atoms with Crippen LogP contribution in [0.3, 0.4) is 0 Å². The van der Waals surface area contributed by atoms with E-state index in [1.54, 1.807) is 11.8 Å². The van der Waals surface area contributed by atoms with Crippen LogP contribution in [-0.4, -0.2) is 27.7 Å². The van der Waals surface area contributed by atoms with E-state index in [0.29, 0.717) is 11.0 Å². The summed E-state index contributed by atoms with van der Waals surface area (Å²) < 4.78 is 0. The molecular weight excluding hydrogens is 304 g/mol. The third-order valence-corrected chi connectivity index (χ3v) is 3.55. The van der Waals surface area contributed by atoms with E-state index in [0.717, 1.165) is 28.4 Å². The molecule has 2 rings (SSSR count). The first-order valence-corrected chi connectivity index (χ1v) is 8.25. The van der Waals surface area contributed by atoms with E-state index < -0.39 is 0 Å². The number of anilines is 1. The molecule has 6 heteroatoms. The van der Waals surface area contributed by atoms with E-state index in [2.05, 4.69) is 20.5 Å². The number of nitrogens with one attached hydrogen (secondary N) is 1. The monoisotopic (exact) mass is 320 g/mol. The Labute approximate surface area is 134 Å². The molecule has 2 aromatic rings. The fraction of sp³-hybridized carbons (Fsp3) is 0.267. The van der Waals surface area contributed by atoms with Gasteiger partial charge >= 0.3 is 0 Å². The molecule has 0 aliphatic rings. The van der Waals surface area contributed by atoms with Crippen LogP contribution in [0.15, 0.2) is 35.4 Å². The van der Waals surface area contributed by atoms with Crippen LogP contribution in [0.4, 0.5) is 5.95 Å². The summed E-state index contributed by atoms with van der Waals surface area (Å²) in [5.41, 5.74) is 6.74. The number of hydrogen-bond acceptors (Lipinski definition) is 5. The molecule has 21 heavy (non-hydrogen) atoms. The van der Waals surface area contributed by atoms with Gasteiger partial charge in [0.1, 0.15) is 0 Å². The van der Waals surface area contributed by atoms with E-state index in [9.17, 15) is 0 Å². The second-order valence-corrected chi connectivity index (χ2v) is 5.89. The van der Waals surface area contributed by atoms with Gasteiger partial charge < -0.3 is 0 Å². The van der Waals surface area contributed by atoms with E-state index in [4.69, 9.17) is 11.6 Å². The van der Waals surface area contributed by atoms with E-state index in [-0.39, 0.29) is 0 Å². The number of rotatable bonds is 5. The summed E-state index contributed by atoms with van der Waals surface area (Å²) in [4.78, 5) is 8.63. The first-order chi connectivity index (χ1) is 10.1. The molecule has 4 nitrogen and oxygen atoms in total. The molecule has 0 aliphatic carbocycles. The Bertz CT molecular complexity index is 620. The number of hydrogen-bond donors (Lipinski definition) is 1. The lowest BCUT2D eigenvalue weighted by molar-refractivity contribution is 1.03. The predicted octanol–water partition coefficient (Wildman–Crippen LogP) is 3.93. The van der Waals surface area contributed by atoms with Crippen molar-refractivity contribution in [2.24, 2.45) is 5.10 Å². The van der Waals surface area contributed by atoms with Gasteiger partial charge in [-0.3, -0.25) is 0 Å². The zero-order valence-corrected chi connectivity index (χ0v) is 13.8. The Hall–Kier alpha value is -1.59. The molecular formula is C15H17ClN4S. The summed E-state index contributed by atoms with van der Waals surface area (Å²) in [7, 11) is 0. The van der Waals surface area contributed by atoms with Gasteiger partial charge in [0, 0.05) is 22.2 Å². The fourth-order valence-electron chi connectivity index (χ4n) is 1.85. The normalized spacial score (nSPS) is 11.5. The number of halogens is 1. The molecule has 0 unspecified atom stereocenters. The topological polar surface area (TPSA) is 50.2 Å². The van der Waals surface area contributed by atoms with Crippen LogP contribution < -0.4 is 5.43 Å². The summed E-state index contributed by atoms with van der Waals surface area (Å²) in [6.45, 7) is 3.87. The molecule has 0 atom stereocenters. The average Bonchev–Trinajstić information content (AvgIpc) is 2.43. The van der Waals surface area contributed by atoms with Gasteiger partial charge in [0.25, 0.3) is 0 Å². The molecule has 1 heterocycles. The Morgan fingerprint density at radius 1 is 1.19 bits per heavy atom. The van der Waals surface area contributed by atoms with Gasteiger partial charge in [-0.1, -0.05) is 23.7 Å². The summed E-state index contributed by atoms with van der Waals surface area (Å²) >= 11 is 7.63. The molecule has 0 saturated carbocycles. The average molecular weight is 321 g/mol. The number of thioether (sulfide) groups is 1. The molecule has 0 amide bonds. The molecule has 0 aliphatic heterocycles. The maximum absolute atomic E-state index is 5.92.